The number of aryl methyl sites for hydroxylation is 1. The first kappa shape index (κ1) is 10.8. The van der Waals surface area contributed by atoms with Crippen LogP contribution in [-0.2, 0) is 16.1 Å². The van der Waals surface area contributed by atoms with Gasteiger partial charge in [-0.2, -0.15) is 0 Å². The molecule has 0 atom stereocenters. The third-order valence-corrected chi connectivity index (χ3v) is 2.00. The Kier molecular flexibility index (Phi) is 4.83. The Morgan fingerprint density at radius 2 is 2.07 bits per heavy atom. The maximum Gasteiger partial charge on any atom is 0.307 e. The number of rotatable bonds is 6. The summed E-state index contributed by atoms with van der Waals surface area (Å²) in [7, 11) is 0. The van der Waals surface area contributed by atoms with Gasteiger partial charge >= 0.3 is 5.97 Å². The van der Waals surface area contributed by atoms with Gasteiger partial charge in [-0.3, -0.25) is 4.79 Å². The van der Waals surface area contributed by atoms with E-state index >= 15 is 0 Å². The summed E-state index contributed by atoms with van der Waals surface area (Å²) in [5, 5.41) is 0. The van der Waals surface area contributed by atoms with Gasteiger partial charge < -0.3 is 9.30 Å². The van der Waals surface area contributed by atoms with Gasteiger partial charge in [-0.1, -0.05) is 13.3 Å². The van der Waals surface area contributed by atoms with E-state index in [1.807, 2.05) is 29.1 Å². The van der Waals surface area contributed by atoms with Crippen molar-refractivity contribution in [3.8, 4) is 0 Å². The van der Waals surface area contributed by atoms with E-state index in [1.165, 1.54) is 0 Å². The van der Waals surface area contributed by atoms with Crippen LogP contribution < -0.4 is 0 Å². The molecule has 0 radical (unpaired) electrons. The van der Waals surface area contributed by atoms with Crippen molar-refractivity contribution in [2.75, 3.05) is 6.61 Å². The summed E-state index contributed by atoms with van der Waals surface area (Å²) in [6.45, 7) is 3.34. The smallest absolute Gasteiger partial charge is 0.307 e. The zero-order chi connectivity index (χ0) is 10.2. The van der Waals surface area contributed by atoms with Gasteiger partial charge in [-0.25, -0.2) is 0 Å². The number of unbranched alkanes of at least 4 members (excludes halogenated alkanes) is 1. The molecule has 14 heavy (non-hydrogen) atoms. The quantitative estimate of drug-likeness (QED) is 0.515. The third kappa shape index (κ3) is 4.12. The van der Waals surface area contributed by atoms with Crippen LogP contribution in [0.1, 0.15) is 26.2 Å². The van der Waals surface area contributed by atoms with Gasteiger partial charge in [-0.05, 0) is 18.6 Å². The fraction of sp³-hybridized carbons (Fsp3) is 0.545. The number of carbonyl (C=O) groups excluding carboxylic acids is 1. The summed E-state index contributed by atoms with van der Waals surface area (Å²) in [6.07, 6.45) is 6.36. The molecule has 0 saturated carbocycles. The SMILES string of the molecule is CCCCOC(=O)CCn1cccc1. The predicted octanol–water partition coefficient (Wildman–Crippen LogP) is 2.22. The van der Waals surface area contributed by atoms with Gasteiger partial charge in [-0.15, -0.1) is 0 Å². The highest BCUT2D eigenvalue weighted by molar-refractivity contribution is 5.69. The van der Waals surface area contributed by atoms with E-state index in [0.29, 0.717) is 19.6 Å². The van der Waals surface area contributed by atoms with Crippen molar-refractivity contribution in [2.24, 2.45) is 0 Å². The number of aromatic nitrogens is 1. The average Bonchev–Trinajstić information content (AvgIpc) is 2.68. The molecule has 0 aliphatic carbocycles. The fourth-order valence-corrected chi connectivity index (χ4v) is 1.14. The normalized spacial score (nSPS) is 10.1. The first-order valence-electron chi connectivity index (χ1n) is 5.09. The Bertz CT molecular complexity index is 254. The van der Waals surface area contributed by atoms with Crippen molar-refractivity contribution in [3.05, 3.63) is 24.5 Å². The molecule has 3 nitrogen and oxygen atoms in total. The van der Waals surface area contributed by atoms with Crippen LogP contribution in [0.3, 0.4) is 0 Å². The average molecular weight is 195 g/mol. The summed E-state index contributed by atoms with van der Waals surface area (Å²) < 4.78 is 7.00. The highest BCUT2D eigenvalue weighted by atomic mass is 16.5. The van der Waals surface area contributed by atoms with Crippen LogP contribution in [0.15, 0.2) is 24.5 Å². The molecule has 78 valence electrons. The second-order valence-corrected chi connectivity index (χ2v) is 3.24. The van der Waals surface area contributed by atoms with E-state index < -0.39 is 0 Å². The van der Waals surface area contributed by atoms with Crippen molar-refractivity contribution in [1.29, 1.82) is 0 Å². The molecule has 3 heteroatoms. The topological polar surface area (TPSA) is 31.2 Å². The van der Waals surface area contributed by atoms with Crippen LogP contribution >= 0.6 is 0 Å². The summed E-state index contributed by atoms with van der Waals surface area (Å²) >= 11 is 0. The minimum Gasteiger partial charge on any atom is -0.466 e. The van der Waals surface area contributed by atoms with Crippen LogP contribution in [0.25, 0.3) is 0 Å². The van der Waals surface area contributed by atoms with Crippen LogP contribution in [0, 0.1) is 0 Å². The number of hydrogen-bond acceptors (Lipinski definition) is 2. The van der Waals surface area contributed by atoms with Crippen LogP contribution in [0.5, 0.6) is 0 Å². The molecular weight excluding hydrogens is 178 g/mol. The standard InChI is InChI=1S/C11H17NO2/c1-2-3-10-14-11(13)6-9-12-7-4-5-8-12/h4-5,7-8H,2-3,6,9-10H2,1H3. The maximum atomic E-state index is 11.2. The minimum absolute atomic E-state index is 0.104. The second kappa shape index (κ2) is 6.24. The molecule has 0 saturated heterocycles. The lowest BCUT2D eigenvalue weighted by atomic mass is 10.3. The number of esters is 1. The summed E-state index contributed by atoms with van der Waals surface area (Å²) in [5.74, 6) is -0.104. The molecule has 0 unspecified atom stereocenters. The van der Waals surface area contributed by atoms with Crippen molar-refractivity contribution < 1.29 is 9.53 Å². The Hall–Kier alpha value is -1.25. The largest absolute Gasteiger partial charge is 0.466 e. The zero-order valence-corrected chi connectivity index (χ0v) is 8.61. The molecule has 0 amide bonds. The molecule has 1 aromatic heterocycles. The minimum atomic E-state index is -0.104. The summed E-state index contributed by atoms with van der Waals surface area (Å²) in [4.78, 5) is 11.2. The molecule has 0 aliphatic heterocycles. The Balaban J connectivity index is 2.09. The third-order valence-electron chi connectivity index (χ3n) is 2.00. The van der Waals surface area contributed by atoms with Gasteiger partial charge in [0.25, 0.3) is 0 Å². The zero-order valence-electron chi connectivity index (χ0n) is 8.61. The molecule has 0 N–H and O–H groups in total. The predicted molar refractivity (Wildman–Crippen MR) is 54.9 cm³/mol. The Labute approximate surface area is 84.7 Å². The molecule has 0 spiro atoms. The van der Waals surface area contributed by atoms with Gasteiger partial charge in [0.1, 0.15) is 0 Å². The molecule has 0 fully saturated rings. The Morgan fingerprint density at radius 3 is 2.71 bits per heavy atom. The fourth-order valence-electron chi connectivity index (χ4n) is 1.14. The van der Waals surface area contributed by atoms with E-state index in [0.717, 1.165) is 12.8 Å². The van der Waals surface area contributed by atoms with Gasteiger partial charge in [0.05, 0.1) is 13.0 Å². The first-order chi connectivity index (χ1) is 6.83. The molecule has 0 aliphatic rings. The molecule has 1 aromatic rings. The number of hydrogen-bond donors (Lipinski definition) is 0. The first-order valence-corrected chi connectivity index (χ1v) is 5.09. The van der Waals surface area contributed by atoms with Gasteiger partial charge in [0, 0.05) is 18.9 Å². The van der Waals surface area contributed by atoms with Crippen LogP contribution in [-0.4, -0.2) is 17.1 Å². The number of carbonyl (C=O) groups is 1. The van der Waals surface area contributed by atoms with Crippen molar-refractivity contribution in [1.82, 2.24) is 4.57 Å². The van der Waals surface area contributed by atoms with Crippen LogP contribution in [0.4, 0.5) is 0 Å². The number of nitrogens with zero attached hydrogens (tertiary/aromatic N) is 1. The molecule has 0 aromatic carbocycles. The lowest BCUT2D eigenvalue weighted by molar-refractivity contribution is -0.144. The molecule has 1 rings (SSSR count). The lowest BCUT2D eigenvalue weighted by Crippen LogP contribution is -2.09. The summed E-state index contributed by atoms with van der Waals surface area (Å²) in [5.41, 5.74) is 0. The molecule has 0 bridgehead atoms. The maximum absolute atomic E-state index is 11.2. The highest BCUT2D eigenvalue weighted by Gasteiger charge is 2.01. The van der Waals surface area contributed by atoms with E-state index in [4.69, 9.17) is 4.74 Å². The number of ether oxygens (including phenoxy) is 1. The lowest BCUT2D eigenvalue weighted by Gasteiger charge is -2.04. The molecular formula is C11H17NO2. The van der Waals surface area contributed by atoms with Crippen molar-refractivity contribution >= 4 is 5.97 Å². The van der Waals surface area contributed by atoms with E-state index in [2.05, 4.69) is 6.92 Å². The van der Waals surface area contributed by atoms with Crippen LogP contribution in [0.2, 0.25) is 0 Å². The monoisotopic (exact) mass is 195 g/mol. The van der Waals surface area contributed by atoms with E-state index in [-0.39, 0.29) is 5.97 Å². The second-order valence-electron chi connectivity index (χ2n) is 3.24. The van der Waals surface area contributed by atoms with Gasteiger partial charge in [0.15, 0.2) is 0 Å². The van der Waals surface area contributed by atoms with Gasteiger partial charge in [0.2, 0.25) is 0 Å². The van der Waals surface area contributed by atoms with E-state index in [1.54, 1.807) is 0 Å². The highest BCUT2D eigenvalue weighted by Crippen LogP contribution is 1.96. The Morgan fingerprint density at radius 1 is 1.36 bits per heavy atom. The van der Waals surface area contributed by atoms with Crippen molar-refractivity contribution in [3.63, 3.8) is 0 Å². The molecule has 1 heterocycles. The van der Waals surface area contributed by atoms with Crippen molar-refractivity contribution in [2.45, 2.75) is 32.7 Å². The summed E-state index contributed by atoms with van der Waals surface area (Å²) in [6, 6.07) is 3.89. The van der Waals surface area contributed by atoms with E-state index in [9.17, 15) is 4.79 Å².